The predicted octanol–water partition coefficient (Wildman–Crippen LogP) is 3.37. The smallest absolute Gasteiger partial charge is 0.0233 e. The first-order chi connectivity index (χ1) is 9.72. The van der Waals surface area contributed by atoms with Crippen molar-refractivity contribution < 1.29 is 0 Å². The minimum Gasteiger partial charge on any atom is -0.306 e. The fraction of sp³-hybridized carbons (Fsp3) is 0.444. The van der Waals surface area contributed by atoms with Crippen LogP contribution < -0.4 is 0 Å². The maximum atomic E-state index is 2.52. The lowest BCUT2D eigenvalue weighted by atomic mass is 10.0. The zero-order valence-corrected chi connectivity index (χ0v) is 12.5. The Bertz CT molecular complexity index is 570. The van der Waals surface area contributed by atoms with E-state index < -0.39 is 0 Å². The van der Waals surface area contributed by atoms with Gasteiger partial charge in [0.2, 0.25) is 0 Å². The third kappa shape index (κ3) is 3.02. The number of benzene rings is 2. The fourth-order valence-electron chi connectivity index (χ4n) is 3.19. The molecule has 0 radical (unpaired) electrons. The average Bonchev–Trinajstić information content (AvgIpc) is 2.48. The van der Waals surface area contributed by atoms with Crippen LogP contribution >= 0.6 is 0 Å². The molecule has 0 spiro atoms. The molecule has 0 atom stereocenters. The van der Waals surface area contributed by atoms with Crippen molar-refractivity contribution in [1.82, 2.24) is 9.80 Å². The summed E-state index contributed by atoms with van der Waals surface area (Å²) in [6, 6.07) is 16.2. The van der Waals surface area contributed by atoms with Gasteiger partial charge in [-0.15, -0.1) is 0 Å². The summed E-state index contributed by atoms with van der Waals surface area (Å²) in [4.78, 5) is 4.96. The van der Waals surface area contributed by atoms with Gasteiger partial charge in [0.05, 0.1) is 0 Å². The summed E-state index contributed by atoms with van der Waals surface area (Å²) in [7, 11) is 4.49. The van der Waals surface area contributed by atoms with Crippen molar-refractivity contribution in [2.24, 2.45) is 0 Å². The van der Waals surface area contributed by atoms with Crippen LogP contribution in [0.5, 0.6) is 0 Å². The highest BCUT2D eigenvalue weighted by atomic mass is 15.2. The van der Waals surface area contributed by atoms with Gasteiger partial charge in [0.25, 0.3) is 0 Å². The minimum absolute atomic E-state index is 0.734. The van der Waals surface area contributed by atoms with E-state index in [9.17, 15) is 0 Å². The van der Waals surface area contributed by atoms with Gasteiger partial charge in [-0.05, 0) is 62.4 Å². The van der Waals surface area contributed by atoms with E-state index in [0.717, 1.165) is 12.6 Å². The molecule has 0 unspecified atom stereocenters. The molecule has 1 fully saturated rings. The number of piperidine rings is 1. The number of fused-ring (bicyclic) bond motifs is 1. The SMILES string of the molecule is CN1CCC(N(C)Cc2ccc3ccccc3c2)CC1. The highest BCUT2D eigenvalue weighted by Gasteiger charge is 2.20. The Balaban J connectivity index is 1.69. The minimum atomic E-state index is 0.734. The molecule has 2 aromatic rings. The van der Waals surface area contributed by atoms with E-state index in [2.05, 4.69) is 66.4 Å². The molecule has 0 aliphatic carbocycles. The summed E-state index contributed by atoms with van der Waals surface area (Å²) >= 11 is 0. The van der Waals surface area contributed by atoms with Crippen LogP contribution in [-0.4, -0.2) is 43.0 Å². The molecule has 3 rings (SSSR count). The Morgan fingerprint density at radius 1 is 1.05 bits per heavy atom. The Morgan fingerprint density at radius 3 is 2.50 bits per heavy atom. The topological polar surface area (TPSA) is 6.48 Å². The largest absolute Gasteiger partial charge is 0.306 e. The average molecular weight is 268 g/mol. The van der Waals surface area contributed by atoms with E-state index in [1.807, 2.05) is 0 Å². The monoisotopic (exact) mass is 268 g/mol. The van der Waals surface area contributed by atoms with Crippen LogP contribution in [-0.2, 0) is 6.54 Å². The van der Waals surface area contributed by atoms with Crippen molar-refractivity contribution in [2.45, 2.75) is 25.4 Å². The number of hydrogen-bond acceptors (Lipinski definition) is 2. The first-order valence-corrected chi connectivity index (χ1v) is 7.59. The lowest BCUT2D eigenvalue weighted by molar-refractivity contribution is 0.139. The van der Waals surface area contributed by atoms with Crippen LogP contribution in [0.3, 0.4) is 0 Å². The van der Waals surface area contributed by atoms with Crippen molar-refractivity contribution in [3.8, 4) is 0 Å². The second-order valence-electron chi connectivity index (χ2n) is 6.13. The molecule has 0 N–H and O–H groups in total. The zero-order valence-electron chi connectivity index (χ0n) is 12.5. The van der Waals surface area contributed by atoms with E-state index in [-0.39, 0.29) is 0 Å². The third-order valence-electron chi connectivity index (χ3n) is 4.56. The molecule has 2 nitrogen and oxygen atoms in total. The molecule has 1 saturated heterocycles. The molecular formula is C18H24N2. The van der Waals surface area contributed by atoms with E-state index in [0.29, 0.717) is 0 Å². The van der Waals surface area contributed by atoms with E-state index in [1.54, 1.807) is 0 Å². The van der Waals surface area contributed by atoms with Gasteiger partial charge >= 0.3 is 0 Å². The lowest BCUT2D eigenvalue weighted by Crippen LogP contribution is -2.41. The highest BCUT2D eigenvalue weighted by molar-refractivity contribution is 5.82. The molecule has 1 aliphatic rings. The molecule has 0 bridgehead atoms. The maximum absolute atomic E-state index is 2.52. The molecule has 1 aliphatic heterocycles. The highest BCUT2D eigenvalue weighted by Crippen LogP contribution is 2.20. The van der Waals surface area contributed by atoms with Crippen LogP contribution in [0.15, 0.2) is 42.5 Å². The summed E-state index contributed by atoms with van der Waals surface area (Å²) in [6.45, 7) is 3.51. The third-order valence-corrected chi connectivity index (χ3v) is 4.56. The van der Waals surface area contributed by atoms with Gasteiger partial charge < -0.3 is 4.90 Å². The van der Waals surface area contributed by atoms with Crippen molar-refractivity contribution in [2.75, 3.05) is 27.2 Å². The summed E-state index contributed by atoms with van der Waals surface area (Å²) in [5.74, 6) is 0. The Labute approximate surface area is 122 Å². The molecule has 20 heavy (non-hydrogen) atoms. The van der Waals surface area contributed by atoms with Gasteiger partial charge in [0.15, 0.2) is 0 Å². The van der Waals surface area contributed by atoms with Crippen LogP contribution in [0.1, 0.15) is 18.4 Å². The second kappa shape index (κ2) is 5.94. The summed E-state index contributed by atoms with van der Waals surface area (Å²) in [6.07, 6.45) is 2.58. The van der Waals surface area contributed by atoms with E-state index in [4.69, 9.17) is 0 Å². The van der Waals surface area contributed by atoms with Crippen molar-refractivity contribution in [1.29, 1.82) is 0 Å². The quantitative estimate of drug-likeness (QED) is 0.842. The molecule has 2 aromatic carbocycles. The fourth-order valence-corrected chi connectivity index (χ4v) is 3.19. The van der Waals surface area contributed by atoms with Crippen molar-refractivity contribution in [3.05, 3.63) is 48.0 Å². The van der Waals surface area contributed by atoms with Gasteiger partial charge in [-0.25, -0.2) is 0 Å². The van der Waals surface area contributed by atoms with Crippen LogP contribution in [0, 0.1) is 0 Å². The molecular weight excluding hydrogens is 244 g/mol. The maximum Gasteiger partial charge on any atom is 0.0233 e. The molecule has 0 saturated carbocycles. The summed E-state index contributed by atoms with van der Waals surface area (Å²) in [5.41, 5.74) is 1.42. The number of rotatable bonds is 3. The summed E-state index contributed by atoms with van der Waals surface area (Å²) in [5, 5.41) is 2.68. The van der Waals surface area contributed by atoms with Gasteiger partial charge in [-0.2, -0.15) is 0 Å². The van der Waals surface area contributed by atoms with Gasteiger partial charge in [-0.1, -0.05) is 36.4 Å². The van der Waals surface area contributed by atoms with Gasteiger partial charge in [0.1, 0.15) is 0 Å². The Morgan fingerprint density at radius 2 is 1.75 bits per heavy atom. The van der Waals surface area contributed by atoms with E-state index >= 15 is 0 Å². The Hall–Kier alpha value is -1.38. The zero-order chi connectivity index (χ0) is 13.9. The molecule has 0 aromatic heterocycles. The number of likely N-dealkylation sites (tertiary alicyclic amines) is 1. The van der Waals surface area contributed by atoms with Crippen molar-refractivity contribution in [3.63, 3.8) is 0 Å². The van der Waals surface area contributed by atoms with E-state index in [1.165, 1.54) is 42.3 Å². The molecule has 0 amide bonds. The van der Waals surface area contributed by atoms with Crippen LogP contribution in [0.4, 0.5) is 0 Å². The van der Waals surface area contributed by atoms with Crippen LogP contribution in [0.2, 0.25) is 0 Å². The predicted molar refractivity (Wildman–Crippen MR) is 85.9 cm³/mol. The first kappa shape index (κ1) is 13.6. The first-order valence-electron chi connectivity index (χ1n) is 7.59. The van der Waals surface area contributed by atoms with Crippen molar-refractivity contribution >= 4 is 10.8 Å². The summed E-state index contributed by atoms with van der Waals surface area (Å²) < 4.78 is 0. The standard InChI is InChI=1S/C18H24N2/c1-19-11-9-18(10-12-19)20(2)14-15-7-8-16-5-3-4-6-17(16)13-15/h3-8,13,18H,9-12,14H2,1-2H3. The molecule has 2 heteroatoms. The van der Waals surface area contributed by atoms with Gasteiger partial charge in [-0.3, -0.25) is 4.90 Å². The Kier molecular flexibility index (Phi) is 4.04. The normalized spacial score (nSPS) is 17.9. The number of nitrogens with zero attached hydrogens (tertiary/aromatic N) is 2. The molecule has 1 heterocycles. The van der Waals surface area contributed by atoms with Gasteiger partial charge in [0, 0.05) is 12.6 Å². The second-order valence-corrected chi connectivity index (χ2v) is 6.13. The number of hydrogen-bond donors (Lipinski definition) is 0. The lowest BCUT2D eigenvalue weighted by Gasteiger charge is -2.35. The van der Waals surface area contributed by atoms with Crippen LogP contribution in [0.25, 0.3) is 10.8 Å². The molecule has 106 valence electrons.